The van der Waals surface area contributed by atoms with Crippen molar-refractivity contribution in [1.82, 2.24) is 15.2 Å². The van der Waals surface area contributed by atoms with Crippen molar-refractivity contribution in [3.63, 3.8) is 0 Å². The molecule has 1 amide bonds. The normalized spacial score (nSPS) is 14.5. The van der Waals surface area contributed by atoms with Gasteiger partial charge in [0.1, 0.15) is 5.82 Å². The maximum absolute atomic E-state index is 13.1. The summed E-state index contributed by atoms with van der Waals surface area (Å²) in [4.78, 5) is 22.2. The van der Waals surface area contributed by atoms with Gasteiger partial charge >= 0.3 is 0 Å². The van der Waals surface area contributed by atoms with Gasteiger partial charge in [-0.25, -0.2) is 17.8 Å². The van der Waals surface area contributed by atoms with Crippen LogP contribution >= 0.6 is 11.3 Å². The predicted octanol–water partition coefficient (Wildman–Crippen LogP) is 4.35. The van der Waals surface area contributed by atoms with Crippen molar-refractivity contribution < 1.29 is 17.6 Å². The van der Waals surface area contributed by atoms with Crippen LogP contribution in [0.3, 0.4) is 0 Å². The number of benzene rings is 3. The minimum absolute atomic E-state index is 0.0623. The molecule has 4 aromatic rings. The molecule has 1 aromatic heterocycles. The quantitative estimate of drug-likeness (QED) is 0.312. The second kappa shape index (κ2) is 11.7. The maximum atomic E-state index is 13.1. The zero-order valence-electron chi connectivity index (χ0n) is 21.6. The number of nitrogens with zero attached hydrogens (tertiary/aromatic N) is 3. The molecule has 0 radical (unpaired) electrons. The Balaban J connectivity index is 1.11. The Morgan fingerprint density at radius 1 is 1.03 bits per heavy atom. The van der Waals surface area contributed by atoms with E-state index < -0.39 is 15.8 Å². The summed E-state index contributed by atoms with van der Waals surface area (Å²) in [5.74, 6) is -0.800. The van der Waals surface area contributed by atoms with Crippen molar-refractivity contribution in [3.8, 4) is 0 Å². The van der Waals surface area contributed by atoms with Crippen LogP contribution in [0.4, 0.5) is 15.2 Å². The first-order chi connectivity index (χ1) is 18.8. The zero-order valence-corrected chi connectivity index (χ0v) is 23.2. The average molecular weight is 568 g/mol. The van der Waals surface area contributed by atoms with Crippen LogP contribution < -0.4 is 14.9 Å². The number of thiazole rings is 1. The summed E-state index contributed by atoms with van der Waals surface area (Å²) < 4.78 is 42.0. The van der Waals surface area contributed by atoms with Crippen LogP contribution in [0.5, 0.6) is 0 Å². The number of halogens is 1. The van der Waals surface area contributed by atoms with E-state index >= 15 is 0 Å². The molecule has 5 rings (SSSR count). The summed E-state index contributed by atoms with van der Waals surface area (Å²) in [7, 11) is -3.90. The number of para-hydroxylation sites is 1. The summed E-state index contributed by atoms with van der Waals surface area (Å²) in [6, 6.07) is 17.2. The number of rotatable bonds is 9. The van der Waals surface area contributed by atoms with Gasteiger partial charge in [0, 0.05) is 50.5 Å². The van der Waals surface area contributed by atoms with Crippen molar-refractivity contribution >= 4 is 48.3 Å². The van der Waals surface area contributed by atoms with Crippen molar-refractivity contribution in [1.29, 1.82) is 0 Å². The highest BCUT2D eigenvalue weighted by atomic mass is 32.2. The molecule has 0 bridgehead atoms. The Morgan fingerprint density at radius 3 is 2.51 bits per heavy atom. The molecule has 1 fully saturated rings. The van der Waals surface area contributed by atoms with Gasteiger partial charge in [0.15, 0.2) is 5.13 Å². The Morgan fingerprint density at radius 2 is 1.77 bits per heavy atom. The molecule has 11 heteroatoms. The number of sulfonamides is 1. The smallest absolute Gasteiger partial charge is 0.261 e. The summed E-state index contributed by atoms with van der Waals surface area (Å²) in [5, 5.41) is 3.99. The van der Waals surface area contributed by atoms with Crippen LogP contribution in [-0.4, -0.2) is 63.5 Å². The minimum Gasteiger partial charge on any atom is -0.351 e. The second-order valence-corrected chi connectivity index (χ2v) is 12.0. The molecule has 2 heterocycles. The molecule has 0 atom stereocenters. The van der Waals surface area contributed by atoms with Crippen LogP contribution in [-0.2, 0) is 16.4 Å². The molecule has 0 spiro atoms. The van der Waals surface area contributed by atoms with Gasteiger partial charge in [-0.15, -0.1) is 0 Å². The van der Waals surface area contributed by atoms with E-state index in [-0.39, 0.29) is 16.5 Å². The van der Waals surface area contributed by atoms with Gasteiger partial charge in [0.25, 0.3) is 15.9 Å². The largest absolute Gasteiger partial charge is 0.351 e. The van der Waals surface area contributed by atoms with Gasteiger partial charge in [0.2, 0.25) is 0 Å². The first-order valence-corrected chi connectivity index (χ1v) is 15.1. The first-order valence-electron chi connectivity index (χ1n) is 12.8. The first kappa shape index (κ1) is 27.0. The Bertz CT molecular complexity index is 1570. The van der Waals surface area contributed by atoms with E-state index in [1.807, 2.05) is 0 Å². The lowest BCUT2D eigenvalue weighted by atomic mass is 10.1. The highest BCUT2D eigenvalue weighted by molar-refractivity contribution is 7.92. The number of hydrogen-bond acceptors (Lipinski definition) is 7. The van der Waals surface area contributed by atoms with Crippen molar-refractivity contribution in [3.05, 3.63) is 83.7 Å². The third-order valence-corrected chi connectivity index (χ3v) is 9.21. The third-order valence-electron chi connectivity index (χ3n) is 6.73. The molecule has 1 aliphatic heterocycles. The number of aryl methyl sites for hydroxylation is 1. The third kappa shape index (κ3) is 6.38. The van der Waals surface area contributed by atoms with Crippen LogP contribution in [0, 0.1) is 5.82 Å². The van der Waals surface area contributed by atoms with E-state index in [4.69, 9.17) is 4.98 Å². The fourth-order valence-electron chi connectivity index (χ4n) is 4.56. The monoisotopic (exact) mass is 567 g/mol. The van der Waals surface area contributed by atoms with E-state index in [1.54, 1.807) is 29.5 Å². The van der Waals surface area contributed by atoms with Crippen molar-refractivity contribution in [2.24, 2.45) is 0 Å². The molecule has 1 aliphatic rings. The fraction of sp³-hybridized carbons (Fsp3) is 0.286. The Kier molecular flexibility index (Phi) is 8.10. The lowest BCUT2D eigenvalue weighted by Gasteiger charge is -2.34. The predicted molar refractivity (Wildman–Crippen MR) is 154 cm³/mol. The van der Waals surface area contributed by atoms with Crippen LogP contribution in [0.1, 0.15) is 22.8 Å². The molecule has 0 unspecified atom stereocenters. The van der Waals surface area contributed by atoms with E-state index in [2.05, 4.69) is 45.0 Å². The van der Waals surface area contributed by atoms with E-state index in [9.17, 15) is 17.6 Å². The van der Waals surface area contributed by atoms with E-state index in [0.29, 0.717) is 12.1 Å². The number of anilines is 2. The molecule has 2 N–H and O–H groups in total. The lowest BCUT2D eigenvalue weighted by molar-refractivity contribution is 0.0948. The van der Waals surface area contributed by atoms with Crippen LogP contribution in [0.2, 0.25) is 0 Å². The number of aromatic nitrogens is 1. The second-order valence-electron chi connectivity index (χ2n) is 9.34. The summed E-state index contributed by atoms with van der Waals surface area (Å²) >= 11 is 1.74. The van der Waals surface area contributed by atoms with Gasteiger partial charge in [0.05, 0.1) is 15.1 Å². The number of piperazine rings is 1. The van der Waals surface area contributed by atoms with Gasteiger partial charge in [-0.3, -0.25) is 14.4 Å². The number of amides is 1. The van der Waals surface area contributed by atoms with Crippen LogP contribution in [0.25, 0.3) is 10.2 Å². The topological polar surface area (TPSA) is 94.6 Å². The zero-order chi connectivity index (χ0) is 27.4. The Labute approximate surface area is 231 Å². The molecule has 39 heavy (non-hydrogen) atoms. The van der Waals surface area contributed by atoms with Gasteiger partial charge in [-0.1, -0.05) is 36.5 Å². The highest BCUT2D eigenvalue weighted by Crippen LogP contribution is 2.31. The standard InChI is InChI=1S/C28H30FN5O3S2/c1-2-20-5-4-8-25-26(20)31-28(38-25)34-17-15-33(16-18-34)14-13-30-27(35)21-6-3-7-23(19-21)32-39(36,37)24-11-9-22(29)10-12-24/h3-12,19,32H,2,13-18H2,1H3,(H,30,35). The summed E-state index contributed by atoms with van der Waals surface area (Å²) in [6.07, 6.45) is 0.968. The van der Waals surface area contributed by atoms with Crippen molar-refractivity contribution in [2.75, 3.05) is 48.9 Å². The fourth-order valence-corrected chi connectivity index (χ4v) is 6.67. The summed E-state index contributed by atoms with van der Waals surface area (Å²) in [6.45, 7) is 6.87. The van der Waals surface area contributed by atoms with E-state index in [1.165, 1.54) is 28.5 Å². The molecule has 8 nitrogen and oxygen atoms in total. The molecule has 1 saturated heterocycles. The molecule has 0 aliphatic carbocycles. The number of hydrogen-bond donors (Lipinski definition) is 2. The lowest BCUT2D eigenvalue weighted by Crippen LogP contribution is -2.48. The van der Waals surface area contributed by atoms with Crippen LogP contribution in [0.15, 0.2) is 71.6 Å². The molecular weight excluding hydrogens is 537 g/mol. The number of carbonyl (C=O) groups excluding carboxylic acids is 1. The minimum atomic E-state index is -3.90. The summed E-state index contributed by atoms with van der Waals surface area (Å²) in [5.41, 5.74) is 2.99. The van der Waals surface area contributed by atoms with E-state index in [0.717, 1.165) is 61.9 Å². The number of fused-ring (bicyclic) bond motifs is 1. The maximum Gasteiger partial charge on any atom is 0.261 e. The Hall–Kier alpha value is -3.54. The van der Waals surface area contributed by atoms with Crippen molar-refractivity contribution in [2.45, 2.75) is 18.2 Å². The van der Waals surface area contributed by atoms with Gasteiger partial charge < -0.3 is 10.2 Å². The van der Waals surface area contributed by atoms with Gasteiger partial charge in [-0.05, 0) is 60.5 Å². The average Bonchev–Trinajstić information content (AvgIpc) is 3.38. The molecule has 3 aromatic carbocycles. The molecular formula is C28H30FN5O3S2. The van der Waals surface area contributed by atoms with Gasteiger partial charge in [-0.2, -0.15) is 0 Å². The highest BCUT2D eigenvalue weighted by Gasteiger charge is 2.21. The molecule has 204 valence electrons. The molecule has 0 saturated carbocycles. The number of carbonyl (C=O) groups is 1. The SMILES string of the molecule is CCc1cccc2sc(N3CCN(CCNC(=O)c4cccc(NS(=O)(=O)c5ccc(F)cc5)c4)CC3)nc12. The number of nitrogens with one attached hydrogen (secondary N) is 2.